The number of hydrogen-bond acceptors (Lipinski definition) is 2. The van der Waals surface area contributed by atoms with Gasteiger partial charge < -0.3 is 4.90 Å². The minimum Gasteiger partial charge on any atom is -0.357 e. The van der Waals surface area contributed by atoms with Crippen molar-refractivity contribution in [1.82, 2.24) is 4.98 Å². The number of rotatable bonds is 2. The zero-order chi connectivity index (χ0) is 11.5. The van der Waals surface area contributed by atoms with Crippen molar-refractivity contribution in [3.63, 3.8) is 0 Å². The molecule has 1 aromatic heterocycles. The van der Waals surface area contributed by atoms with Gasteiger partial charge in [-0.25, -0.2) is 4.98 Å². The van der Waals surface area contributed by atoms with Crippen LogP contribution in [0.25, 0.3) is 11.1 Å². The van der Waals surface area contributed by atoms with Crippen molar-refractivity contribution in [2.75, 3.05) is 18.0 Å². The summed E-state index contributed by atoms with van der Waals surface area (Å²) in [6, 6.07) is 14.7. The number of nitrogens with zero attached hydrogens (tertiary/aromatic N) is 2. The fourth-order valence-corrected chi connectivity index (χ4v) is 2.32. The Labute approximate surface area is 102 Å². The molecular formula is C15H16N2. The Morgan fingerprint density at radius 2 is 1.59 bits per heavy atom. The molecule has 0 bridgehead atoms. The zero-order valence-corrected chi connectivity index (χ0v) is 9.84. The first-order valence-electron chi connectivity index (χ1n) is 6.20. The number of anilines is 1. The fourth-order valence-electron chi connectivity index (χ4n) is 2.32. The summed E-state index contributed by atoms with van der Waals surface area (Å²) in [5.41, 5.74) is 2.42. The molecule has 1 saturated heterocycles. The minimum absolute atomic E-state index is 1.11. The minimum atomic E-state index is 1.11. The van der Waals surface area contributed by atoms with Crippen LogP contribution in [0.15, 0.2) is 48.7 Å². The van der Waals surface area contributed by atoms with E-state index in [1.165, 1.54) is 24.0 Å². The van der Waals surface area contributed by atoms with E-state index < -0.39 is 0 Å². The van der Waals surface area contributed by atoms with E-state index in [4.69, 9.17) is 0 Å². The number of benzene rings is 1. The molecule has 17 heavy (non-hydrogen) atoms. The van der Waals surface area contributed by atoms with Gasteiger partial charge in [-0.3, -0.25) is 0 Å². The van der Waals surface area contributed by atoms with Gasteiger partial charge in [-0.15, -0.1) is 0 Å². The lowest BCUT2D eigenvalue weighted by Crippen LogP contribution is -2.18. The van der Waals surface area contributed by atoms with Crippen LogP contribution in [0.1, 0.15) is 12.8 Å². The molecule has 1 aromatic carbocycles. The molecule has 0 unspecified atom stereocenters. The quantitative estimate of drug-likeness (QED) is 0.777. The number of pyridine rings is 1. The van der Waals surface area contributed by atoms with E-state index in [1.54, 1.807) is 0 Å². The Bertz CT molecular complexity index is 470. The molecule has 2 heterocycles. The van der Waals surface area contributed by atoms with Gasteiger partial charge >= 0.3 is 0 Å². The third-order valence-corrected chi connectivity index (χ3v) is 3.29. The molecular weight excluding hydrogens is 208 g/mol. The largest absolute Gasteiger partial charge is 0.357 e. The van der Waals surface area contributed by atoms with Crippen LogP contribution in [0.3, 0.4) is 0 Å². The maximum Gasteiger partial charge on any atom is 0.128 e. The Morgan fingerprint density at radius 3 is 2.24 bits per heavy atom. The molecule has 3 rings (SSSR count). The molecule has 2 heteroatoms. The first kappa shape index (κ1) is 10.3. The van der Waals surface area contributed by atoms with Crippen LogP contribution >= 0.6 is 0 Å². The summed E-state index contributed by atoms with van der Waals surface area (Å²) in [6.45, 7) is 2.30. The zero-order valence-electron chi connectivity index (χ0n) is 9.84. The van der Waals surface area contributed by atoms with Gasteiger partial charge in [0.15, 0.2) is 0 Å². The van der Waals surface area contributed by atoms with E-state index in [-0.39, 0.29) is 0 Å². The summed E-state index contributed by atoms with van der Waals surface area (Å²) in [5, 5.41) is 0. The number of hydrogen-bond donors (Lipinski definition) is 0. The maximum absolute atomic E-state index is 4.56. The van der Waals surface area contributed by atoms with E-state index in [9.17, 15) is 0 Å². The molecule has 0 atom stereocenters. The highest BCUT2D eigenvalue weighted by Gasteiger charge is 2.12. The van der Waals surface area contributed by atoms with Gasteiger partial charge in [0.05, 0.1) is 0 Å². The molecule has 0 aliphatic carbocycles. The number of aromatic nitrogens is 1. The van der Waals surface area contributed by atoms with Crippen molar-refractivity contribution >= 4 is 5.82 Å². The van der Waals surface area contributed by atoms with Crippen LogP contribution in [0, 0.1) is 0 Å². The Kier molecular flexibility index (Phi) is 2.78. The first-order chi connectivity index (χ1) is 8.43. The van der Waals surface area contributed by atoms with Crippen molar-refractivity contribution < 1.29 is 0 Å². The second-order valence-corrected chi connectivity index (χ2v) is 4.47. The van der Waals surface area contributed by atoms with Crippen molar-refractivity contribution in [2.24, 2.45) is 0 Å². The first-order valence-corrected chi connectivity index (χ1v) is 6.20. The Balaban J connectivity index is 1.85. The molecule has 0 N–H and O–H groups in total. The molecule has 0 radical (unpaired) electrons. The van der Waals surface area contributed by atoms with Gasteiger partial charge in [0, 0.05) is 24.8 Å². The van der Waals surface area contributed by atoms with Crippen LogP contribution in [0.2, 0.25) is 0 Å². The van der Waals surface area contributed by atoms with E-state index >= 15 is 0 Å². The highest BCUT2D eigenvalue weighted by atomic mass is 15.2. The highest BCUT2D eigenvalue weighted by molar-refractivity contribution is 5.63. The molecule has 1 fully saturated rings. The summed E-state index contributed by atoms with van der Waals surface area (Å²) in [6.07, 6.45) is 4.56. The average Bonchev–Trinajstić information content (AvgIpc) is 2.94. The maximum atomic E-state index is 4.56. The topological polar surface area (TPSA) is 16.1 Å². The molecule has 86 valence electrons. The second kappa shape index (κ2) is 4.58. The normalized spacial score (nSPS) is 15.2. The van der Waals surface area contributed by atoms with Crippen molar-refractivity contribution in [1.29, 1.82) is 0 Å². The summed E-state index contributed by atoms with van der Waals surface area (Å²) >= 11 is 0. The molecule has 0 amide bonds. The molecule has 1 aliphatic heterocycles. The van der Waals surface area contributed by atoms with Gasteiger partial charge in [-0.05, 0) is 30.5 Å². The summed E-state index contributed by atoms with van der Waals surface area (Å²) in [7, 11) is 0. The Morgan fingerprint density at radius 1 is 0.824 bits per heavy atom. The van der Waals surface area contributed by atoms with E-state index in [2.05, 4.69) is 46.3 Å². The van der Waals surface area contributed by atoms with Crippen molar-refractivity contribution in [3.05, 3.63) is 48.7 Å². The average molecular weight is 224 g/mol. The van der Waals surface area contributed by atoms with E-state index in [1.807, 2.05) is 12.3 Å². The monoisotopic (exact) mass is 224 g/mol. The molecule has 0 saturated carbocycles. The van der Waals surface area contributed by atoms with E-state index in [0.29, 0.717) is 0 Å². The van der Waals surface area contributed by atoms with Crippen LogP contribution < -0.4 is 4.90 Å². The van der Waals surface area contributed by atoms with Gasteiger partial charge in [-0.1, -0.05) is 30.3 Å². The molecule has 2 nitrogen and oxygen atoms in total. The molecule has 0 spiro atoms. The van der Waals surface area contributed by atoms with Gasteiger partial charge in [0.2, 0.25) is 0 Å². The smallest absolute Gasteiger partial charge is 0.128 e. The lowest BCUT2D eigenvalue weighted by Gasteiger charge is -2.16. The van der Waals surface area contributed by atoms with Crippen LogP contribution in [-0.2, 0) is 0 Å². The van der Waals surface area contributed by atoms with Gasteiger partial charge in [-0.2, -0.15) is 0 Å². The third-order valence-electron chi connectivity index (χ3n) is 3.29. The van der Waals surface area contributed by atoms with Crippen molar-refractivity contribution in [2.45, 2.75) is 12.8 Å². The second-order valence-electron chi connectivity index (χ2n) is 4.47. The van der Waals surface area contributed by atoms with E-state index in [0.717, 1.165) is 18.9 Å². The SMILES string of the molecule is c1ccc(-c2ccc(N3CCCC3)nc2)cc1. The lowest BCUT2D eigenvalue weighted by atomic mass is 10.1. The van der Waals surface area contributed by atoms with Crippen LogP contribution in [0.5, 0.6) is 0 Å². The molecule has 2 aromatic rings. The highest BCUT2D eigenvalue weighted by Crippen LogP contribution is 2.22. The summed E-state index contributed by atoms with van der Waals surface area (Å²) < 4.78 is 0. The predicted octanol–water partition coefficient (Wildman–Crippen LogP) is 3.35. The summed E-state index contributed by atoms with van der Waals surface area (Å²) in [4.78, 5) is 6.92. The Hall–Kier alpha value is -1.83. The van der Waals surface area contributed by atoms with Crippen LogP contribution in [-0.4, -0.2) is 18.1 Å². The van der Waals surface area contributed by atoms with Gasteiger partial charge in [0.1, 0.15) is 5.82 Å². The van der Waals surface area contributed by atoms with Gasteiger partial charge in [0.25, 0.3) is 0 Å². The predicted molar refractivity (Wildman–Crippen MR) is 71.1 cm³/mol. The standard InChI is InChI=1S/C15H16N2/c1-2-6-13(7-3-1)14-8-9-15(16-12-14)17-10-4-5-11-17/h1-3,6-9,12H,4-5,10-11H2. The summed E-state index contributed by atoms with van der Waals surface area (Å²) in [5.74, 6) is 1.11. The third kappa shape index (κ3) is 2.16. The van der Waals surface area contributed by atoms with Crippen LogP contribution in [0.4, 0.5) is 5.82 Å². The van der Waals surface area contributed by atoms with Crippen molar-refractivity contribution in [3.8, 4) is 11.1 Å². The molecule has 1 aliphatic rings. The lowest BCUT2D eigenvalue weighted by molar-refractivity contribution is 0.938. The fraction of sp³-hybridized carbons (Fsp3) is 0.267.